The molecule has 1 aliphatic rings. The second-order valence-corrected chi connectivity index (χ2v) is 4.15. The van der Waals surface area contributed by atoms with Crippen LogP contribution in [-0.4, -0.2) is 34.9 Å². The van der Waals surface area contributed by atoms with Gasteiger partial charge in [-0.3, -0.25) is 4.79 Å². The standard InChI is InChI=1S/C12H15NO4/c1-7-10(4-5-17-7)13-12(16)9-3-2-8(14)6-11(9)15/h2-3,6-7,10,14-15H,4-5H2,1H3,(H,13,16). The Morgan fingerprint density at radius 2 is 2.24 bits per heavy atom. The van der Waals surface area contributed by atoms with E-state index in [1.165, 1.54) is 12.1 Å². The summed E-state index contributed by atoms with van der Waals surface area (Å²) in [6, 6.07) is 3.86. The lowest BCUT2D eigenvalue weighted by Gasteiger charge is -2.16. The number of phenols is 2. The van der Waals surface area contributed by atoms with Crippen LogP contribution in [0.2, 0.25) is 0 Å². The highest BCUT2D eigenvalue weighted by Crippen LogP contribution is 2.23. The molecule has 1 saturated heterocycles. The first kappa shape index (κ1) is 11.7. The summed E-state index contributed by atoms with van der Waals surface area (Å²) in [6.07, 6.45) is 0.754. The van der Waals surface area contributed by atoms with E-state index in [4.69, 9.17) is 9.84 Å². The highest BCUT2D eigenvalue weighted by Gasteiger charge is 2.26. The predicted octanol–water partition coefficient (Wildman–Crippen LogP) is 1.01. The molecule has 1 amide bonds. The van der Waals surface area contributed by atoms with E-state index in [2.05, 4.69) is 5.32 Å². The Morgan fingerprint density at radius 3 is 2.82 bits per heavy atom. The number of hydrogen-bond donors (Lipinski definition) is 3. The minimum absolute atomic E-state index is 0.0155. The van der Waals surface area contributed by atoms with Crippen molar-refractivity contribution in [1.29, 1.82) is 0 Å². The molecule has 0 radical (unpaired) electrons. The van der Waals surface area contributed by atoms with Gasteiger partial charge < -0.3 is 20.3 Å². The molecule has 1 aromatic carbocycles. The number of carbonyl (C=O) groups is 1. The van der Waals surface area contributed by atoms with Crippen molar-refractivity contribution in [1.82, 2.24) is 5.32 Å². The van der Waals surface area contributed by atoms with Crippen LogP contribution in [0, 0.1) is 0 Å². The number of aromatic hydroxyl groups is 2. The maximum absolute atomic E-state index is 11.9. The Morgan fingerprint density at radius 1 is 1.47 bits per heavy atom. The fourth-order valence-corrected chi connectivity index (χ4v) is 1.88. The summed E-state index contributed by atoms with van der Waals surface area (Å²) in [4.78, 5) is 11.9. The molecule has 2 unspecified atom stereocenters. The molecule has 1 heterocycles. The number of amides is 1. The van der Waals surface area contributed by atoms with Gasteiger partial charge in [0.1, 0.15) is 11.5 Å². The lowest BCUT2D eigenvalue weighted by Crippen LogP contribution is -2.39. The SMILES string of the molecule is CC1OCCC1NC(=O)c1ccc(O)cc1O. The fraction of sp³-hybridized carbons (Fsp3) is 0.417. The molecule has 92 valence electrons. The van der Waals surface area contributed by atoms with Gasteiger partial charge in [-0.25, -0.2) is 0 Å². The second kappa shape index (κ2) is 4.63. The Kier molecular flexibility index (Phi) is 3.19. The minimum atomic E-state index is -0.357. The summed E-state index contributed by atoms with van der Waals surface area (Å²) in [6.45, 7) is 2.53. The maximum atomic E-state index is 11.9. The average molecular weight is 237 g/mol. The van der Waals surface area contributed by atoms with Crippen LogP contribution < -0.4 is 5.32 Å². The first-order valence-electron chi connectivity index (χ1n) is 5.52. The molecule has 3 N–H and O–H groups in total. The van der Waals surface area contributed by atoms with Crippen LogP contribution in [0.3, 0.4) is 0 Å². The van der Waals surface area contributed by atoms with Crippen molar-refractivity contribution >= 4 is 5.91 Å². The van der Waals surface area contributed by atoms with Crippen molar-refractivity contribution in [3.63, 3.8) is 0 Å². The normalized spacial score (nSPS) is 23.6. The third kappa shape index (κ3) is 2.50. The number of benzene rings is 1. The zero-order chi connectivity index (χ0) is 12.4. The summed E-state index contributed by atoms with van der Waals surface area (Å²) in [7, 11) is 0. The summed E-state index contributed by atoms with van der Waals surface area (Å²) >= 11 is 0. The summed E-state index contributed by atoms with van der Waals surface area (Å²) in [5.41, 5.74) is 0.155. The Hall–Kier alpha value is -1.75. The van der Waals surface area contributed by atoms with Crippen LogP contribution in [0.4, 0.5) is 0 Å². The highest BCUT2D eigenvalue weighted by atomic mass is 16.5. The van der Waals surface area contributed by atoms with Crippen LogP contribution >= 0.6 is 0 Å². The molecule has 0 saturated carbocycles. The molecule has 0 spiro atoms. The van der Waals surface area contributed by atoms with E-state index in [0.29, 0.717) is 6.61 Å². The first-order valence-corrected chi connectivity index (χ1v) is 5.52. The van der Waals surface area contributed by atoms with Crippen molar-refractivity contribution < 1.29 is 19.7 Å². The van der Waals surface area contributed by atoms with Crippen molar-refractivity contribution in [2.45, 2.75) is 25.5 Å². The number of hydrogen-bond acceptors (Lipinski definition) is 4. The van der Waals surface area contributed by atoms with Gasteiger partial charge in [0.25, 0.3) is 5.91 Å². The molecule has 17 heavy (non-hydrogen) atoms. The lowest BCUT2D eigenvalue weighted by atomic mass is 10.1. The van der Waals surface area contributed by atoms with Crippen molar-refractivity contribution in [2.24, 2.45) is 0 Å². The predicted molar refractivity (Wildman–Crippen MR) is 61.1 cm³/mol. The molecule has 1 fully saturated rings. The van der Waals surface area contributed by atoms with E-state index < -0.39 is 0 Å². The zero-order valence-corrected chi connectivity index (χ0v) is 9.51. The van der Waals surface area contributed by atoms with Gasteiger partial charge in [-0.2, -0.15) is 0 Å². The van der Waals surface area contributed by atoms with Gasteiger partial charge in [0.15, 0.2) is 0 Å². The van der Waals surface area contributed by atoms with E-state index in [1.807, 2.05) is 6.92 Å². The van der Waals surface area contributed by atoms with Crippen molar-refractivity contribution in [3.8, 4) is 11.5 Å². The zero-order valence-electron chi connectivity index (χ0n) is 9.51. The van der Waals surface area contributed by atoms with Crippen LogP contribution in [0.25, 0.3) is 0 Å². The van der Waals surface area contributed by atoms with E-state index in [0.717, 1.165) is 12.5 Å². The van der Waals surface area contributed by atoms with Gasteiger partial charge in [-0.15, -0.1) is 0 Å². The smallest absolute Gasteiger partial charge is 0.255 e. The van der Waals surface area contributed by atoms with Crippen LogP contribution in [0.15, 0.2) is 18.2 Å². The van der Waals surface area contributed by atoms with Gasteiger partial charge in [-0.1, -0.05) is 0 Å². The Labute approximate surface area is 99.0 Å². The molecule has 0 aliphatic carbocycles. The molecule has 2 atom stereocenters. The molecule has 5 heteroatoms. The van der Waals surface area contributed by atoms with Crippen LogP contribution in [0.5, 0.6) is 11.5 Å². The van der Waals surface area contributed by atoms with Gasteiger partial charge in [0, 0.05) is 12.7 Å². The van der Waals surface area contributed by atoms with Crippen LogP contribution in [0.1, 0.15) is 23.7 Å². The molecule has 1 aromatic rings. The third-order valence-electron chi connectivity index (χ3n) is 2.92. The average Bonchev–Trinajstić information content (AvgIpc) is 2.64. The monoisotopic (exact) mass is 237 g/mol. The summed E-state index contributed by atoms with van der Waals surface area (Å²) in [5.74, 6) is -0.657. The molecule has 0 bridgehead atoms. The largest absolute Gasteiger partial charge is 0.508 e. The van der Waals surface area contributed by atoms with E-state index in [-0.39, 0.29) is 35.1 Å². The Balaban J connectivity index is 2.09. The van der Waals surface area contributed by atoms with E-state index in [1.54, 1.807) is 0 Å². The molecular formula is C12H15NO4. The number of phenolic OH excluding ortho intramolecular Hbond substituents is 2. The highest BCUT2D eigenvalue weighted by molar-refractivity contribution is 5.97. The van der Waals surface area contributed by atoms with E-state index in [9.17, 15) is 9.90 Å². The summed E-state index contributed by atoms with van der Waals surface area (Å²) in [5, 5.41) is 21.5. The molecule has 5 nitrogen and oxygen atoms in total. The fourth-order valence-electron chi connectivity index (χ4n) is 1.88. The molecular weight excluding hydrogens is 222 g/mol. The molecule has 0 aromatic heterocycles. The number of ether oxygens (including phenoxy) is 1. The van der Waals surface area contributed by atoms with Crippen LogP contribution in [-0.2, 0) is 4.74 Å². The lowest BCUT2D eigenvalue weighted by molar-refractivity contribution is 0.0864. The molecule has 2 rings (SSSR count). The number of nitrogens with one attached hydrogen (secondary N) is 1. The Bertz CT molecular complexity index is 433. The van der Waals surface area contributed by atoms with Gasteiger partial charge in [-0.05, 0) is 25.5 Å². The maximum Gasteiger partial charge on any atom is 0.255 e. The second-order valence-electron chi connectivity index (χ2n) is 4.15. The molecule has 1 aliphatic heterocycles. The summed E-state index contributed by atoms with van der Waals surface area (Å²) < 4.78 is 5.33. The van der Waals surface area contributed by atoms with Crippen molar-refractivity contribution in [2.75, 3.05) is 6.61 Å². The number of rotatable bonds is 2. The quantitative estimate of drug-likeness (QED) is 0.717. The topological polar surface area (TPSA) is 78.8 Å². The van der Waals surface area contributed by atoms with Gasteiger partial charge in [0.05, 0.1) is 17.7 Å². The third-order valence-corrected chi connectivity index (χ3v) is 2.92. The van der Waals surface area contributed by atoms with Crippen molar-refractivity contribution in [3.05, 3.63) is 23.8 Å². The number of carbonyl (C=O) groups excluding carboxylic acids is 1. The first-order chi connectivity index (χ1) is 8.08. The van der Waals surface area contributed by atoms with Gasteiger partial charge >= 0.3 is 0 Å². The van der Waals surface area contributed by atoms with Gasteiger partial charge in [0.2, 0.25) is 0 Å². The minimum Gasteiger partial charge on any atom is -0.508 e. The van der Waals surface area contributed by atoms with E-state index >= 15 is 0 Å².